The highest BCUT2D eigenvalue weighted by molar-refractivity contribution is 9.10. The van der Waals surface area contributed by atoms with Gasteiger partial charge in [-0.05, 0) is 30.3 Å². The molecule has 0 saturated carbocycles. The fourth-order valence-electron chi connectivity index (χ4n) is 1.05. The van der Waals surface area contributed by atoms with Gasteiger partial charge in [-0.15, -0.1) is 0 Å². The minimum Gasteiger partial charge on any atom is -0.399 e. The molecule has 0 radical (unpaired) electrons. The maximum absolute atomic E-state index is 5.67. The van der Waals surface area contributed by atoms with Gasteiger partial charge >= 0.3 is 0 Å². The summed E-state index contributed by atoms with van der Waals surface area (Å²) in [7, 11) is 0. The Labute approximate surface area is 81.3 Å². The van der Waals surface area contributed by atoms with Gasteiger partial charge in [0.05, 0.1) is 0 Å². The molecule has 0 aromatic heterocycles. The molecule has 0 heterocycles. The van der Waals surface area contributed by atoms with Crippen LogP contribution in [0.3, 0.4) is 0 Å². The first-order chi connectivity index (χ1) is 5.72. The van der Waals surface area contributed by atoms with Gasteiger partial charge in [-0.2, -0.15) is 0 Å². The van der Waals surface area contributed by atoms with Crippen LogP contribution in [0.25, 0.3) is 0 Å². The van der Waals surface area contributed by atoms with Crippen LogP contribution in [0.4, 0.5) is 5.69 Å². The number of anilines is 1. The minimum atomic E-state index is 0.803. The molecular formula is C9H13BrN2. The minimum absolute atomic E-state index is 0.803. The van der Waals surface area contributed by atoms with Gasteiger partial charge in [-0.25, -0.2) is 0 Å². The summed E-state index contributed by atoms with van der Waals surface area (Å²) in [5.41, 5.74) is 7.69. The monoisotopic (exact) mass is 228 g/mol. The molecule has 0 spiro atoms. The quantitative estimate of drug-likeness (QED) is 0.779. The van der Waals surface area contributed by atoms with Crippen molar-refractivity contribution in [3.8, 4) is 0 Å². The number of halogens is 1. The number of hydrogen-bond acceptors (Lipinski definition) is 2. The van der Waals surface area contributed by atoms with Crippen LogP contribution in [0.2, 0.25) is 0 Å². The van der Waals surface area contributed by atoms with Crippen LogP contribution in [0.1, 0.15) is 12.5 Å². The van der Waals surface area contributed by atoms with E-state index in [1.54, 1.807) is 0 Å². The van der Waals surface area contributed by atoms with Crippen LogP contribution < -0.4 is 11.1 Å². The van der Waals surface area contributed by atoms with Gasteiger partial charge in [-0.1, -0.05) is 22.9 Å². The number of benzene rings is 1. The first kappa shape index (κ1) is 9.55. The molecule has 1 aromatic carbocycles. The third kappa shape index (κ3) is 2.83. The Balaban J connectivity index is 2.72. The van der Waals surface area contributed by atoms with Crippen molar-refractivity contribution in [3.05, 3.63) is 28.2 Å². The molecule has 0 aliphatic carbocycles. The zero-order chi connectivity index (χ0) is 8.97. The van der Waals surface area contributed by atoms with E-state index in [-0.39, 0.29) is 0 Å². The topological polar surface area (TPSA) is 38.0 Å². The molecule has 0 bridgehead atoms. The fourth-order valence-corrected chi connectivity index (χ4v) is 1.61. The van der Waals surface area contributed by atoms with Crippen LogP contribution in [0.15, 0.2) is 22.7 Å². The average molecular weight is 229 g/mol. The zero-order valence-electron chi connectivity index (χ0n) is 7.10. The molecule has 1 aromatic rings. The molecule has 3 heteroatoms. The van der Waals surface area contributed by atoms with Crippen molar-refractivity contribution in [2.24, 2.45) is 0 Å². The number of nitrogen functional groups attached to an aromatic ring is 1. The maximum Gasteiger partial charge on any atom is 0.0328 e. The van der Waals surface area contributed by atoms with E-state index in [1.807, 2.05) is 12.1 Å². The van der Waals surface area contributed by atoms with Gasteiger partial charge in [0.1, 0.15) is 0 Å². The highest BCUT2D eigenvalue weighted by Crippen LogP contribution is 2.16. The normalized spacial score (nSPS) is 10.2. The number of rotatable bonds is 3. The molecule has 66 valence electrons. The standard InChI is InChI=1S/C9H13BrN2/c1-2-12-6-7-3-8(10)5-9(11)4-7/h3-5,12H,2,6,11H2,1H3. The summed E-state index contributed by atoms with van der Waals surface area (Å²) in [4.78, 5) is 0. The van der Waals surface area contributed by atoms with E-state index in [1.165, 1.54) is 5.56 Å². The second kappa shape index (κ2) is 4.48. The Hall–Kier alpha value is -0.540. The van der Waals surface area contributed by atoms with E-state index in [4.69, 9.17) is 5.73 Å². The lowest BCUT2D eigenvalue weighted by Crippen LogP contribution is -2.11. The van der Waals surface area contributed by atoms with Crippen molar-refractivity contribution >= 4 is 21.6 Å². The molecule has 1 rings (SSSR count). The molecule has 2 nitrogen and oxygen atoms in total. The smallest absolute Gasteiger partial charge is 0.0328 e. The van der Waals surface area contributed by atoms with Crippen LogP contribution in [0.5, 0.6) is 0 Å². The molecule has 0 fully saturated rings. The van der Waals surface area contributed by atoms with Gasteiger partial charge in [0.25, 0.3) is 0 Å². The molecule has 0 aliphatic rings. The van der Waals surface area contributed by atoms with E-state index in [0.717, 1.165) is 23.2 Å². The van der Waals surface area contributed by atoms with Crippen molar-refractivity contribution in [2.45, 2.75) is 13.5 Å². The molecular weight excluding hydrogens is 216 g/mol. The molecule has 3 N–H and O–H groups in total. The predicted molar refractivity (Wildman–Crippen MR) is 55.9 cm³/mol. The average Bonchev–Trinajstić information content (AvgIpc) is 1.99. The van der Waals surface area contributed by atoms with Gasteiger partial charge < -0.3 is 11.1 Å². The Morgan fingerprint density at radius 3 is 2.75 bits per heavy atom. The van der Waals surface area contributed by atoms with E-state index >= 15 is 0 Å². The van der Waals surface area contributed by atoms with Crippen molar-refractivity contribution in [3.63, 3.8) is 0 Å². The third-order valence-electron chi connectivity index (χ3n) is 1.56. The van der Waals surface area contributed by atoms with Crippen molar-refractivity contribution in [1.82, 2.24) is 5.32 Å². The summed E-state index contributed by atoms with van der Waals surface area (Å²) >= 11 is 3.40. The summed E-state index contributed by atoms with van der Waals surface area (Å²) < 4.78 is 1.04. The molecule has 0 amide bonds. The lowest BCUT2D eigenvalue weighted by Gasteiger charge is -2.03. The van der Waals surface area contributed by atoms with Crippen molar-refractivity contribution in [1.29, 1.82) is 0 Å². The third-order valence-corrected chi connectivity index (χ3v) is 2.02. The van der Waals surface area contributed by atoms with Crippen molar-refractivity contribution in [2.75, 3.05) is 12.3 Å². The largest absolute Gasteiger partial charge is 0.399 e. The van der Waals surface area contributed by atoms with Crippen molar-refractivity contribution < 1.29 is 0 Å². The van der Waals surface area contributed by atoms with Crippen LogP contribution in [-0.2, 0) is 6.54 Å². The lowest BCUT2D eigenvalue weighted by atomic mass is 10.2. The number of hydrogen-bond donors (Lipinski definition) is 2. The second-order valence-electron chi connectivity index (χ2n) is 2.67. The summed E-state index contributed by atoms with van der Waals surface area (Å²) in [5, 5.41) is 3.24. The first-order valence-electron chi connectivity index (χ1n) is 3.98. The Morgan fingerprint density at radius 1 is 1.42 bits per heavy atom. The highest BCUT2D eigenvalue weighted by Gasteiger charge is 1.95. The summed E-state index contributed by atoms with van der Waals surface area (Å²) in [5.74, 6) is 0. The van der Waals surface area contributed by atoms with Crippen LogP contribution in [-0.4, -0.2) is 6.54 Å². The SMILES string of the molecule is CCNCc1cc(N)cc(Br)c1. The predicted octanol–water partition coefficient (Wildman–Crippen LogP) is 2.14. The summed E-state index contributed by atoms with van der Waals surface area (Å²) in [6.07, 6.45) is 0. The van der Waals surface area contributed by atoms with E-state index in [2.05, 4.69) is 34.2 Å². The van der Waals surface area contributed by atoms with Gasteiger partial charge in [0, 0.05) is 16.7 Å². The Bertz CT molecular complexity index is 240. The van der Waals surface area contributed by atoms with Crippen LogP contribution >= 0.6 is 15.9 Å². The van der Waals surface area contributed by atoms with Gasteiger partial charge in [0.15, 0.2) is 0 Å². The fraction of sp³-hybridized carbons (Fsp3) is 0.333. The Morgan fingerprint density at radius 2 is 2.17 bits per heavy atom. The zero-order valence-corrected chi connectivity index (χ0v) is 8.69. The molecule has 0 saturated heterocycles. The van der Waals surface area contributed by atoms with Gasteiger partial charge in [-0.3, -0.25) is 0 Å². The molecule has 12 heavy (non-hydrogen) atoms. The first-order valence-corrected chi connectivity index (χ1v) is 4.77. The van der Waals surface area contributed by atoms with Crippen LogP contribution in [0, 0.1) is 0 Å². The van der Waals surface area contributed by atoms with E-state index < -0.39 is 0 Å². The summed E-state index contributed by atoms with van der Waals surface area (Å²) in [6, 6.07) is 5.95. The maximum atomic E-state index is 5.67. The molecule has 0 atom stereocenters. The van der Waals surface area contributed by atoms with E-state index in [9.17, 15) is 0 Å². The molecule has 0 unspecified atom stereocenters. The van der Waals surface area contributed by atoms with E-state index in [0.29, 0.717) is 0 Å². The number of nitrogens with one attached hydrogen (secondary N) is 1. The highest BCUT2D eigenvalue weighted by atomic mass is 79.9. The lowest BCUT2D eigenvalue weighted by molar-refractivity contribution is 0.727. The Kier molecular flexibility index (Phi) is 3.56. The summed E-state index contributed by atoms with van der Waals surface area (Å²) in [6.45, 7) is 3.94. The second-order valence-corrected chi connectivity index (χ2v) is 3.59. The van der Waals surface area contributed by atoms with Gasteiger partial charge in [0.2, 0.25) is 0 Å². The molecule has 0 aliphatic heterocycles. The number of nitrogens with two attached hydrogens (primary N) is 1.